The fourth-order valence-corrected chi connectivity index (χ4v) is 5.92. The van der Waals surface area contributed by atoms with E-state index in [1.54, 1.807) is 14.1 Å². The third-order valence-corrected chi connectivity index (χ3v) is 8.75. The second kappa shape index (κ2) is 39.2. The van der Waals surface area contributed by atoms with Gasteiger partial charge in [-0.05, 0) is 96.3 Å². The maximum Gasteiger partial charge on any atom is 0.0836 e. The molecule has 1 rings (SSSR count). The van der Waals surface area contributed by atoms with Crippen molar-refractivity contribution in [2.24, 2.45) is 0 Å². The summed E-state index contributed by atoms with van der Waals surface area (Å²) in [5, 5.41) is 8.89. The average Bonchev–Trinajstić information content (AvgIpc) is 3.50. The topological polar surface area (TPSA) is 41.9 Å². The van der Waals surface area contributed by atoms with Crippen LogP contribution in [-0.2, 0) is 9.47 Å². The van der Waals surface area contributed by atoms with Gasteiger partial charge < -0.3 is 14.7 Å². The molecule has 0 aromatic carbocycles. The molecule has 0 spiro atoms. The van der Waals surface area contributed by atoms with E-state index in [9.17, 15) is 0 Å². The predicted octanol–water partition coefficient (Wildman–Crippen LogP) is 13.5. The predicted molar refractivity (Wildman–Crippen MR) is 208 cm³/mol. The molecule has 0 radical (unpaired) electrons. The largest absolute Gasteiger partial charge is 0.376 e. The first-order valence-electron chi connectivity index (χ1n) is 20.3. The third kappa shape index (κ3) is 37.5. The van der Waals surface area contributed by atoms with Crippen molar-refractivity contribution in [1.29, 1.82) is 0 Å². The molecule has 0 aromatic heterocycles. The zero-order chi connectivity index (χ0) is 34.3. The van der Waals surface area contributed by atoms with Gasteiger partial charge in [-0.25, -0.2) is 0 Å². The van der Waals surface area contributed by atoms with E-state index in [4.69, 9.17) is 14.7 Å². The number of hydroxylamine groups is 2. The molecular weight excluding hydrogens is 578 g/mol. The first-order valence-corrected chi connectivity index (χ1v) is 20.3. The van der Waals surface area contributed by atoms with Crippen molar-refractivity contribution >= 4 is 0 Å². The summed E-state index contributed by atoms with van der Waals surface area (Å²) in [4.78, 5) is 0. The van der Waals surface area contributed by atoms with Crippen LogP contribution in [0.25, 0.3) is 0 Å². The minimum Gasteiger partial charge on any atom is -0.376 e. The fraction of sp³-hybridized carbons (Fsp3) is 0.814. The van der Waals surface area contributed by atoms with Crippen LogP contribution in [0.2, 0.25) is 0 Å². The van der Waals surface area contributed by atoms with Crippen molar-refractivity contribution in [3.63, 3.8) is 0 Å². The van der Waals surface area contributed by atoms with Crippen LogP contribution in [0.1, 0.15) is 187 Å². The van der Waals surface area contributed by atoms with Crippen LogP contribution in [0.3, 0.4) is 0 Å². The van der Waals surface area contributed by atoms with Crippen molar-refractivity contribution in [3.8, 4) is 0 Å². The van der Waals surface area contributed by atoms with Gasteiger partial charge in [-0.1, -0.05) is 140 Å². The summed E-state index contributed by atoms with van der Waals surface area (Å²) in [6.07, 6.45) is 54.3. The Hall–Kier alpha value is -1.20. The zero-order valence-electron chi connectivity index (χ0n) is 32.0. The minimum absolute atomic E-state index is 0.350. The van der Waals surface area contributed by atoms with Gasteiger partial charge >= 0.3 is 0 Å². The summed E-state index contributed by atoms with van der Waals surface area (Å²) < 4.78 is 12.5. The summed E-state index contributed by atoms with van der Waals surface area (Å²) >= 11 is 0. The molecule has 4 nitrogen and oxygen atoms in total. The second-order valence-corrected chi connectivity index (χ2v) is 13.8. The lowest BCUT2D eigenvalue weighted by Gasteiger charge is -2.21. The Bertz CT molecular complexity index is 655. The summed E-state index contributed by atoms with van der Waals surface area (Å²) in [6, 6.07) is 0. The molecule has 0 amide bonds. The van der Waals surface area contributed by atoms with Gasteiger partial charge in [0.1, 0.15) is 0 Å². The van der Waals surface area contributed by atoms with Crippen molar-refractivity contribution in [1.82, 2.24) is 5.06 Å². The van der Waals surface area contributed by atoms with Gasteiger partial charge in [0.15, 0.2) is 0 Å². The zero-order valence-corrected chi connectivity index (χ0v) is 32.0. The van der Waals surface area contributed by atoms with Gasteiger partial charge in [-0.15, -0.1) is 0 Å². The molecule has 0 saturated heterocycles. The van der Waals surface area contributed by atoms with Crippen LogP contribution in [0, 0.1) is 0 Å². The number of nitrogens with zero attached hydrogens (tertiary/aromatic N) is 1. The first kappa shape index (κ1) is 45.8. The Labute approximate surface area is 294 Å². The molecule has 0 heterocycles. The van der Waals surface area contributed by atoms with Gasteiger partial charge in [0.05, 0.1) is 12.2 Å². The molecule has 276 valence electrons. The highest BCUT2D eigenvalue weighted by Gasteiger charge is 2.28. The molecular formula is C43H81NO3. The summed E-state index contributed by atoms with van der Waals surface area (Å²) in [5.41, 5.74) is 0. The van der Waals surface area contributed by atoms with E-state index >= 15 is 0 Å². The van der Waals surface area contributed by atoms with Crippen LogP contribution < -0.4 is 0 Å². The molecule has 0 unspecified atom stereocenters. The number of allylic oxidation sites excluding steroid dienone is 8. The van der Waals surface area contributed by atoms with Crippen LogP contribution in [-0.4, -0.2) is 49.8 Å². The molecule has 2 atom stereocenters. The van der Waals surface area contributed by atoms with Crippen molar-refractivity contribution in [3.05, 3.63) is 48.6 Å². The molecule has 1 N–H and O–H groups in total. The van der Waals surface area contributed by atoms with Crippen LogP contribution in [0.4, 0.5) is 0 Å². The smallest absolute Gasteiger partial charge is 0.0836 e. The molecule has 0 aliphatic heterocycles. The van der Waals surface area contributed by atoms with E-state index in [0.29, 0.717) is 12.2 Å². The fourth-order valence-electron chi connectivity index (χ4n) is 5.92. The van der Waals surface area contributed by atoms with Gasteiger partial charge in [0, 0.05) is 27.3 Å². The van der Waals surface area contributed by atoms with E-state index < -0.39 is 0 Å². The average molecular weight is 660 g/mol. The summed E-state index contributed by atoms with van der Waals surface area (Å²) in [6.45, 7) is 6.38. The van der Waals surface area contributed by atoms with Crippen LogP contribution >= 0.6 is 0 Å². The van der Waals surface area contributed by atoms with E-state index in [0.717, 1.165) is 31.1 Å². The molecule has 47 heavy (non-hydrogen) atoms. The molecule has 0 bridgehead atoms. The molecule has 1 aliphatic carbocycles. The molecule has 0 aromatic rings. The highest BCUT2D eigenvalue weighted by Crippen LogP contribution is 2.25. The van der Waals surface area contributed by atoms with Gasteiger partial charge in [-0.2, -0.15) is 5.06 Å². The normalized spacial score (nSPS) is 16.9. The highest BCUT2D eigenvalue weighted by atomic mass is 16.5. The maximum absolute atomic E-state index is 7.89. The van der Waals surface area contributed by atoms with E-state index in [1.165, 1.54) is 161 Å². The quantitative estimate of drug-likeness (QED) is 0.0443. The summed E-state index contributed by atoms with van der Waals surface area (Å²) in [5.74, 6) is 0. The van der Waals surface area contributed by atoms with Crippen molar-refractivity contribution in [2.75, 3.05) is 27.3 Å². The van der Waals surface area contributed by atoms with Crippen molar-refractivity contribution < 1.29 is 14.7 Å². The third-order valence-electron chi connectivity index (χ3n) is 8.75. The Kier molecular flexibility index (Phi) is 38.2. The summed E-state index contributed by atoms with van der Waals surface area (Å²) in [7, 11) is 3.11. The molecule has 1 fully saturated rings. The Morgan fingerprint density at radius 1 is 0.468 bits per heavy atom. The molecule has 4 heteroatoms. The minimum atomic E-state index is 0.350. The monoisotopic (exact) mass is 660 g/mol. The number of rotatable bonds is 32. The second-order valence-electron chi connectivity index (χ2n) is 13.8. The molecule has 1 aliphatic rings. The van der Waals surface area contributed by atoms with Crippen LogP contribution in [0.5, 0.6) is 0 Å². The lowest BCUT2D eigenvalue weighted by Crippen LogP contribution is -2.27. The van der Waals surface area contributed by atoms with E-state index in [2.05, 4.69) is 62.5 Å². The highest BCUT2D eigenvalue weighted by molar-refractivity contribution is 4.93. The number of hydrogen-bond donors (Lipinski definition) is 1. The Morgan fingerprint density at radius 3 is 1.11 bits per heavy atom. The maximum atomic E-state index is 7.89. The standard InChI is InChI=1S/C41H74O2.C2H7NO/c1-3-5-7-9-11-13-15-17-19-21-23-25-27-29-31-33-38-42-40-36-35-37-41(40)43-39-34-32-30-28-26-24-22-20-18-16-14-12-10-8-6-4-2;1-3(2)4/h11-14,17-20,40-41H,3-10,15-16,21-39H2,1-2H3;4H,1-2H3/b13-11-,14-12-,19-17-,20-18-;/t40-,41+;. The Morgan fingerprint density at radius 2 is 0.766 bits per heavy atom. The van der Waals surface area contributed by atoms with E-state index in [-0.39, 0.29) is 0 Å². The Balaban J connectivity index is 0.00000498. The van der Waals surface area contributed by atoms with Crippen LogP contribution in [0.15, 0.2) is 48.6 Å². The number of ether oxygens (including phenoxy) is 2. The first-order chi connectivity index (χ1) is 23.1. The van der Waals surface area contributed by atoms with E-state index in [1.807, 2.05) is 0 Å². The lowest BCUT2D eigenvalue weighted by molar-refractivity contribution is -0.0578. The number of hydrogen-bond acceptors (Lipinski definition) is 4. The molecule has 1 saturated carbocycles. The van der Waals surface area contributed by atoms with Crippen molar-refractivity contribution in [2.45, 2.75) is 199 Å². The van der Waals surface area contributed by atoms with Gasteiger partial charge in [0.2, 0.25) is 0 Å². The van der Waals surface area contributed by atoms with Gasteiger partial charge in [-0.3, -0.25) is 0 Å². The number of unbranched alkanes of at least 4 members (excludes halogenated alkanes) is 18. The SMILES string of the molecule is CCCCC/C=C\C/C=C\CCCCCCCCO[C@H]1CCC[C@H]1OCCCCCCCC/C=C\C/C=C\CCCCC.CN(C)O. The van der Waals surface area contributed by atoms with Gasteiger partial charge in [0.25, 0.3) is 0 Å². The lowest BCUT2D eigenvalue weighted by atomic mass is 10.1.